The van der Waals surface area contributed by atoms with Crippen molar-refractivity contribution in [1.82, 2.24) is 30.4 Å². The Balaban J connectivity index is 0.950. The van der Waals surface area contributed by atoms with Crippen molar-refractivity contribution < 1.29 is 37.1 Å². The summed E-state index contributed by atoms with van der Waals surface area (Å²) in [7, 11) is 0. The highest BCUT2D eigenvalue weighted by molar-refractivity contribution is 5.93. The summed E-state index contributed by atoms with van der Waals surface area (Å²) in [6.45, 7) is 8.52. The Labute approximate surface area is 320 Å². The topological polar surface area (TPSA) is 146 Å². The third-order valence-electron chi connectivity index (χ3n) is 9.95. The maximum Gasteiger partial charge on any atom is 0.416 e. The van der Waals surface area contributed by atoms with Crippen LogP contribution in [0.2, 0.25) is 0 Å². The van der Waals surface area contributed by atoms with Gasteiger partial charge in [-0.05, 0) is 94.5 Å². The Morgan fingerprint density at radius 2 is 1.62 bits per heavy atom. The lowest BCUT2D eigenvalue weighted by Gasteiger charge is -2.32. The van der Waals surface area contributed by atoms with Gasteiger partial charge in [0.15, 0.2) is 0 Å². The molecule has 5 rings (SSSR count). The van der Waals surface area contributed by atoms with Crippen LogP contribution in [0.3, 0.4) is 0 Å². The van der Waals surface area contributed by atoms with Crippen LogP contribution in [0.5, 0.6) is 0 Å². The molecule has 2 aliphatic rings. The van der Waals surface area contributed by atoms with E-state index in [2.05, 4.69) is 50.2 Å². The molecule has 4 amide bonds. The minimum atomic E-state index is -4.52. The number of likely N-dealkylation sites (tertiary alicyclic amines) is 2. The van der Waals surface area contributed by atoms with Gasteiger partial charge in [-0.25, -0.2) is 14.8 Å². The Kier molecular flexibility index (Phi) is 13.9. The van der Waals surface area contributed by atoms with E-state index in [9.17, 15) is 32.3 Å². The number of alkyl halides is 3. The second-order valence-corrected chi connectivity index (χ2v) is 15.2. The van der Waals surface area contributed by atoms with Gasteiger partial charge in [-0.2, -0.15) is 13.2 Å². The van der Waals surface area contributed by atoms with Gasteiger partial charge in [0.2, 0.25) is 17.7 Å². The van der Waals surface area contributed by atoms with Gasteiger partial charge in [-0.15, -0.1) is 0 Å². The smallest absolute Gasteiger partial charge is 0.416 e. The molecular weight excluding hydrogens is 715 g/mol. The van der Waals surface area contributed by atoms with E-state index in [-0.39, 0.29) is 35.5 Å². The largest absolute Gasteiger partial charge is 0.444 e. The molecule has 0 spiro atoms. The second-order valence-electron chi connectivity index (χ2n) is 15.2. The summed E-state index contributed by atoms with van der Waals surface area (Å²) >= 11 is 0. The number of aromatic nitrogens is 2. The fourth-order valence-electron chi connectivity index (χ4n) is 6.94. The molecule has 2 aliphatic heterocycles. The van der Waals surface area contributed by atoms with Crippen molar-refractivity contribution in [1.29, 1.82) is 0 Å². The molecule has 2 aromatic carbocycles. The molecular formula is C40H52F3N7O5. The molecule has 0 bridgehead atoms. The predicted molar refractivity (Wildman–Crippen MR) is 202 cm³/mol. The number of nitrogens with one attached hydrogen (secondary N) is 3. The summed E-state index contributed by atoms with van der Waals surface area (Å²) in [4.78, 5) is 61.9. The van der Waals surface area contributed by atoms with E-state index in [0.29, 0.717) is 56.8 Å². The standard InChI is InChI=1S/C40H52F3N7O5/c1-39(2,3)55-38(54)45-19-6-4-5-7-35(52)49-21-16-29(17-22-49)28-11-8-27(9-12-28)10-15-34(51)44-20-24-50-23-18-33(37(50)53)48-36-31-25-30(40(41,42)43)13-14-32(31)46-26-47-36/h8-9,11-14,25-26,29,33H,4-7,10,15-24H2,1-3H3,(H,44,51)(H,45,54)(H,46,47,48)/t33-/m0/s1. The number of carbonyl (C=O) groups is 4. The van der Waals surface area contributed by atoms with Gasteiger partial charge < -0.3 is 30.5 Å². The average molecular weight is 768 g/mol. The quantitative estimate of drug-likeness (QED) is 0.155. The number of piperidine rings is 1. The molecule has 3 N–H and O–H groups in total. The van der Waals surface area contributed by atoms with Crippen LogP contribution in [0.4, 0.5) is 23.8 Å². The number of amides is 4. The maximum atomic E-state index is 13.3. The van der Waals surface area contributed by atoms with Crippen molar-refractivity contribution in [3.05, 3.63) is 65.5 Å². The molecule has 0 radical (unpaired) electrons. The molecule has 15 heteroatoms. The van der Waals surface area contributed by atoms with Crippen LogP contribution in [-0.2, 0) is 31.7 Å². The maximum absolute atomic E-state index is 13.3. The molecule has 3 heterocycles. The van der Waals surface area contributed by atoms with Crippen LogP contribution in [0.25, 0.3) is 10.9 Å². The van der Waals surface area contributed by atoms with E-state index in [1.54, 1.807) is 4.90 Å². The zero-order valence-corrected chi connectivity index (χ0v) is 31.8. The first-order chi connectivity index (χ1) is 26.2. The lowest BCUT2D eigenvalue weighted by molar-refractivity contribution is -0.137. The summed E-state index contributed by atoms with van der Waals surface area (Å²) in [5.74, 6) is 0.408. The number of unbranched alkanes of at least 4 members (excludes halogenated alkanes) is 2. The van der Waals surface area contributed by atoms with Gasteiger partial charge in [0, 0.05) is 57.5 Å². The first kappa shape index (κ1) is 41.2. The van der Waals surface area contributed by atoms with Crippen molar-refractivity contribution in [2.45, 2.75) is 102 Å². The summed E-state index contributed by atoms with van der Waals surface area (Å²) in [6.07, 6.45) is 2.41. The van der Waals surface area contributed by atoms with E-state index in [1.807, 2.05) is 25.7 Å². The van der Waals surface area contributed by atoms with E-state index in [4.69, 9.17) is 4.74 Å². The monoisotopic (exact) mass is 767 g/mol. The summed E-state index contributed by atoms with van der Waals surface area (Å²) in [6, 6.07) is 10.9. The first-order valence-corrected chi connectivity index (χ1v) is 19.1. The number of hydrogen-bond donors (Lipinski definition) is 3. The molecule has 3 aromatic rings. The Morgan fingerprint density at radius 3 is 2.33 bits per heavy atom. The third kappa shape index (κ3) is 12.3. The number of ether oxygens (including phenoxy) is 1. The first-order valence-electron chi connectivity index (χ1n) is 19.1. The highest BCUT2D eigenvalue weighted by atomic mass is 19.4. The number of fused-ring (bicyclic) bond motifs is 1. The number of hydrogen-bond acceptors (Lipinski definition) is 8. The number of carbonyl (C=O) groups excluding carboxylic acids is 4. The minimum Gasteiger partial charge on any atom is -0.444 e. The van der Waals surface area contributed by atoms with E-state index in [1.165, 1.54) is 18.0 Å². The van der Waals surface area contributed by atoms with Gasteiger partial charge in [-0.3, -0.25) is 14.4 Å². The fraction of sp³-hybridized carbons (Fsp3) is 0.550. The number of alkyl carbamates (subject to hydrolysis) is 1. The van der Waals surface area contributed by atoms with Crippen LogP contribution < -0.4 is 16.0 Å². The molecule has 0 aliphatic carbocycles. The van der Waals surface area contributed by atoms with Crippen molar-refractivity contribution in [2.24, 2.45) is 0 Å². The lowest BCUT2D eigenvalue weighted by Crippen LogP contribution is -2.39. The van der Waals surface area contributed by atoms with Crippen LogP contribution in [0.1, 0.15) is 94.7 Å². The molecule has 0 saturated carbocycles. The van der Waals surface area contributed by atoms with Gasteiger partial charge in [0.05, 0.1) is 11.1 Å². The zero-order chi connectivity index (χ0) is 39.6. The fourth-order valence-corrected chi connectivity index (χ4v) is 6.94. The molecule has 298 valence electrons. The lowest BCUT2D eigenvalue weighted by atomic mass is 9.88. The van der Waals surface area contributed by atoms with Crippen LogP contribution in [-0.4, -0.2) is 94.5 Å². The van der Waals surface area contributed by atoms with E-state index in [0.717, 1.165) is 62.9 Å². The van der Waals surface area contributed by atoms with Gasteiger partial charge in [-0.1, -0.05) is 30.7 Å². The number of halogens is 3. The van der Waals surface area contributed by atoms with Crippen molar-refractivity contribution >= 4 is 40.5 Å². The number of aryl methyl sites for hydroxylation is 1. The molecule has 12 nitrogen and oxygen atoms in total. The van der Waals surface area contributed by atoms with Crippen molar-refractivity contribution in [2.75, 3.05) is 44.6 Å². The molecule has 55 heavy (non-hydrogen) atoms. The Hall–Kier alpha value is -4.95. The zero-order valence-electron chi connectivity index (χ0n) is 31.8. The Bertz CT molecular complexity index is 1790. The van der Waals surface area contributed by atoms with E-state index < -0.39 is 29.5 Å². The molecule has 1 atom stereocenters. The molecule has 2 fully saturated rings. The van der Waals surface area contributed by atoms with Gasteiger partial charge >= 0.3 is 12.3 Å². The predicted octanol–water partition coefficient (Wildman–Crippen LogP) is 6.20. The Morgan fingerprint density at radius 1 is 0.873 bits per heavy atom. The normalized spacial score (nSPS) is 16.7. The molecule has 0 unspecified atom stereocenters. The number of benzene rings is 2. The number of anilines is 1. The van der Waals surface area contributed by atoms with Crippen LogP contribution in [0.15, 0.2) is 48.8 Å². The molecule has 1 aromatic heterocycles. The minimum absolute atomic E-state index is 0.118. The highest BCUT2D eigenvalue weighted by Crippen LogP contribution is 2.33. The SMILES string of the molecule is CC(C)(C)OC(=O)NCCCCCC(=O)N1CCC(c2ccc(CCC(=O)NCCN3CC[C@H](Nc4ncnc5ccc(C(F)(F)F)cc45)C3=O)cc2)CC1. The summed E-state index contributed by atoms with van der Waals surface area (Å²) in [5, 5.41) is 8.83. The summed E-state index contributed by atoms with van der Waals surface area (Å²) in [5.41, 5.74) is 1.28. The summed E-state index contributed by atoms with van der Waals surface area (Å²) < 4.78 is 45.1. The average Bonchev–Trinajstić information content (AvgIpc) is 3.49. The van der Waals surface area contributed by atoms with Crippen molar-refractivity contribution in [3.8, 4) is 0 Å². The molecule has 2 saturated heterocycles. The van der Waals surface area contributed by atoms with Crippen LogP contribution in [0, 0.1) is 0 Å². The van der Waals surface area contributed by atoms with E-state index >= 15 is 0 Å². The van der Waals surface area contributed by atoms with Gasteiger partial charge in [0.1, 0.15) is 23.8 Å². The third-order valence-corrected chi connectivity index (χ3v) is 9.95. The number of rotatable bonds is 15. The van der Waals surface area contributed by atoms with Crippen LogP contribution >= 0.6 is 0 Å². The second kappa shape index (κ2) is 18.6. The van der Waals surface area contributed by atoms with Crippen molar-refractivity contribution in [3.63, 3.8) is 0 Å². The highest BCUT2D eigenvalue weighted by Gasteiger charge is 2.33. The van der Waals surface area contributed by atoms with Gasteiger partial charge in [0.25, 0.3) is 0 Å². The number of nitrogens with zero attached hydrogens (tertiary/aromatic N) is 4.